The van der Waals surface area contributed by atoms with Crippen LogP contribution in [0.4, 0.5) is 17.6 Å². The summed E-state index contributed by atoms with van der Waals surface area (Å²) in [6, 6.07) is 26.0. The number of hydrogen-bond acceptors (Lipinski definition) is 7. The minimum Gasteiger partial charge on any atom is -0.432 e. The number of rotatable bonds is 18. The first kappa shape index (κ1) is 38.9. The number of alkyl halides is 4. The van der Waals surface area contributed by atoms with Crippen LogP contribution < -0.4 is 9.47 Å². The molecule has 11 heteroatoms. The molecule has 0 aliphatic carbocycles. The molecule has 3 heterocycles. The lowest BCUT2D eigenvalue weighted by Gasteiger charge is -2.26. The van der Waals surface area contributed by atoms with Crippen LogP contribution in [-0.2, 0) is 0 Å². The molecule has 0 spiro atoms. The van der Waals surface area contributed by atoms with Gasteiger partial charge in [-0.1, -0.05) is 65.5 Å². The molecule has 0 bridgehead atoms. The van der Waals surface area contributed by atoms with E-state index in [-0.39, 0.29) is 11.5 Å². The molecule has 280 valence electrons. The summed E-state index contributed by atoms with van der Waals surface area (Å²) >= 11 is 4.36. The van der Waals surface area contributed by atoms with Gasteiger partial charge >= 0.3 is 12.2 Å². The Hall–Kier alpha value is -3.80. The van der Waals surface area contributed by atoms with E-state index in [9.17, 15) is 17.6 Å². The van der Waals surface area contributed by atoms with E-state index in [1.807, 2.05) is 62.4 Å². The van der Waals surface area contributed by atoms with Crippen LogP contribution in [0.25, 0.3) is 52.8 Å². The summed E-state index contributed by atoms with van der Waals surface area (Å²) < 4.78 is 79.3. The van der Waals surface area contributed by atoms with Gasteiger partial charge in [0.15, 0.2) is 0 Å². The van der Waals surface area contributed by atoms with E-state index >= 15 is 0 Å². The van der Waals surface area contributed by atoms with E-state index < -0.39 is 24.1 Å². The van der Waals surface area contributed by atoms with Crippen LogP contribution in [0.15, 0.2) is 84.9 Å². The van der Waals surface area contributed by atoms with Crippen molar-refractivity contribution in [2.45, 2.75) is 91.3 Å². The predicted octanol–water partition coefficient (Wildman–Crippen LogP) is 14.9. The van der Waals surface area contributed by atoms with E-state index in [2.05, 4.69) is 20.9 Å². The first-order valence-electron chi connectivity index (χ1n) is 18.4. The molecular weight excluding hydrogens is 737 g/mol. The van der Waals surface area contributed by atoms with Crippen LogP contribution in [0.2, 0.25) is 0 Å². The van der Waals surface area contributed by atoms with Gasteiger partial charge in [-0.05, 0) is 110 Å². The second-order valence-corrected chi connectivity index (χ2v) is 16.0. The van der Waals surface area contributed by atoms with Crippen LogP contribution >= 0.6 is 34.4 Å². The SMILES string of the molecule is CCCCC(CC)C(F)(F)Oc1ccc(-c2ccc(-c3ccc(-c4ccc(-c5ccc(OC(F)(F)C(CC)CCCC)cc5)s4)c4nsnc34)s2)cc1. The number of fused-ring (bicyclic) bond motifs is 1. The Bertz CT molecular complexity index is 1930. The number of ether oxygens (including phenoxy) is 2. The van der Waals surface area contributed by atoms with Gasteiger partial charge in [0.1, 0.15) is 22.5 Å². The van der Waals surface area contributed by atoms with Crippen molar-refractivity contribution in [2.75, 3.05) is 0 Å². The molecule has 4 nitrogen and oxygen atoms in total. The molecule has 0 amide bonds. The van der Waals surface area contributed by atoms with Crippen molar-refractivity contribution in [3.8, 4) is 53.3 Å². The van der Waals surface area contributed by atoms with Gasteiger partial charge in [-0.15, -0.1) is 22.7 Å². The molecule has 0 aliphatic heterocycles. The lowest BCUT2D eigenvalue weighted by atomic mass is 9.98. The van der Waals surface area contributed by atoms with E-state index in [4.69, 9.17) is 9.47 Å². The Balaban J connectivity index is 1.16. The highest BCUT2D eigenvalue weighted by Crippen LogP contribution is 2.43. The van der Waals surface area contributed by atoms with Gasteiger partial charge < -0.3 is 9.47 Å². The maximum atomic E-state index is 14.9. The molecule has 0 saturated carbocycles. The topological polar surface area (TPSA) is 44.2 Å². The fourth-order valence-corrected chi connectivity index (χ4v) is 9.16. The summed E-state index contributed by atoms with van der Waals surface area (Å²) in [4.78, 5) is 4.04. The van der Waals surface area contributed by atoms with Gasteiger partial charge in [0.05, 0.1) is 23.6 Å². The highest BCUT2D eigenvalue weighted by Gasteiger charge is 2.41. The van der Waals surface area contributed by atoms with Crippen LogP contribution in [0.3, 0.4) is 0 Å². The van der Waals surface area contributed by atoms with Crippen LogP contribution in [0.5, 0.6) is 11.5 Å². The summed E-state index contributed by atoms with van der Waals surface area (Å²) in [7, 11) is 0. The Morgan fingerprint density at radius 2 is 0.906 bits per heavy atom. The molecule has 0 saturated heterocycles. The number of halogens is 4. The zero-order valence-electron chi connectivity index (χ0n) is 30.3. The Labute approximate surface area is 321 Å². The molecule has 2 unspecified atom stereocenters. The van der Waals surface area contributed by atoms with Gasteiger partial charge in [0.2, 0.25) is 0 Å². The molecule has 0 radical (unpaired) electrons. The largest absolute Gasteiger partial charge is 0.432 e. The molecule has 0 N–H and O–H groups in total. The predicted molar refractivity (Wildman–Crippen MR) is 213 cm³/mol. The maximum absolute atomic E-state index is 14.9. The number of unbranched alkanes of at least 4 members (excludes halogenated alkanes) is 2. The van der Waals surface area contributed by atoms with Gasteiger partial charge in [-0.2, -0.15) is 26.3 Å². The van der Waals surface area contributed by atoms with Gasteiger partial charge in [0, 0.05) is 30.6 Å². The van der Waals surface area contributed by atoms with Crippen molar-refractivity contribution in [2.24, 2.45) is 11.8 Å². The van der Waals surface area contributed by atoms with E-state index in [1.165, 1.54) is 0 Å². The van der Waals surface area contributed by atoms with E-state index in [0.29, 0.717) is 25.7 Å². The first-order valence-corrected chi connectivity index (χ1v) is 20.7. The number of thiophene rings is 2. The number of benzene rings is 3. The fourth-order valence-electron chi connectivity index (χ4n) is 6.52. The van der Waals surface area contributed by atoms with Gasteiger partial charge in [-0.25, -0.2) is 0 Å². The standard InChI is InChI=1S/C42H44F4N2O2S3/c1-5-9-11-29(7-3)41(43,44)49-31-17-13-27(14-18-31)35-23-25-37(51-35)33-21-22-34(40-39(33)47-53-48-40)38-26-24-36(52-38)28-15-19-32(20-16-28)50-42(45,46)30(8-4)12-10-6-2/h13-26,29-30H,5-12H2,1-4H3. The van der Waals surface area contributed by atoms with Crippen molar-refractivity contribution >= 4 is 45.4 Å². The normalized spacial score (nSPS) is 13.4. The highest BCUT2D eigenvalue weighted by atomic mass is 32.1. The molecule has 3 aromatic carbocycles. The van der Waals surface area contributed by atoms with Crippen molar-refractivity contribution in [3.63, 3.8) is 0 Å². The third-order valence-electron chi connectivity index (χ3n) is 9.69. The van der Waals surface area contributed by atoms with Crippen molar-refractivity contribution in [3.05, 3.63) is 84.9 Å². The quantitative estimate of drug-likeness (QED) is 0.0815. The monoisotopic (exact) mass is 780 g/mol. The zero-order chi connectivity index (χ0) is 37.6. The smallest absolute Gasteiger partial charge is 0.400 e. The minimum absolute atomic E-state index is 0.155. The molecule has 6 rings (SSSR count). The summed E-state index contributed by atoms with van der Waals surface area (Å²) in [6.45, 7) is 7.56. The van der Waals surface area contributed by atoms with E-state index in [0.717, 1.165) is 90.2 Å². The summed E-state index contributed by atoms with van der Waals surface area (Å²) in [5.41, 5.74) is 5.38. The fraction of sp³-hybridized carbons (Fsp3) is 0.381. The van der Waals surface area contributed by atoms with Crippen LogP contribution in [0.1, 0.15) is 79.1 Å². The average molecular weight is 781 g/mol. The third-order valence-corrected chi connectivity index (χ3v) is 12.6. The number of aromatic nitrogens is 2. The highest BCUT2D eigenvalue weighted by molar-refractivity contribution is 7.19. The van der Waals surface area contributed by atoms with Gasteiger partial charge in [0.25, 0.3) is 0 Å². The third kappa shape index (κ3) is 8.95. The number of hydrogen-bond donors (Lipinski definition) is 0. The van der Waals surface area contributed by atoms with Gasteiger partial charge in [-0.3, -0.25) is 0 Å². The molecule has 0 fully saturated rings. The maximum Gasteiger partial charge on any atom is 0.400 e. The lowest BCUT2D eigenvalue weighted by Crippen LogP contribution is -2.34. The Morgan fingerprint density at radius 3 is 1.26 bits per heavy atom. The summed E-state index contributed by atoms with van der Waals surface area (Å²) in [5, 5.41) is 0. The van der Waals surface area contributed by atoms with Crippen LogP contribution in [-0.4, -0.2) is 21.0 Å². The van der Waals surface area contributed by atoms with Crippen molar-refractivity contribution in [1.82, 2.24) is 8.75 Å². The van der Waals surface area contributed by atoms with E-state index in [1.54, 1.807) is 60.8 Å². The number of nitrogens with zero attached hydrogens (tertiary/aromatic N) is 2. The summed E-state index contributed by atoms with van der Waals surface area (Å²) in [5.74, 6) is -1.32. The molecule has 53 heavy (non-hydrogen) atoms. The molecule has 0 aliphatic rings. The molecule has 6 aromatic rings. The second-order valence-electron chi connectivity index (χ2n) is 13.3. The molecule has 2 atom stereocenters. The lowest BCUT2D eigenvalue weighted by molar-refractivity contribution is -0.218. The minimum atomic E-state index is -3.22. The van der Waals surface area contributed by atoms with Crippen molar-refractivity contribution in [1.29, 1.82) is 0 Å². The zero-order valence-corrected chi connectivity index (χ0v) is 32.8. The summed E-state index contributed by atoms with van der Waals surface area (Å²) in [6.07, 6.45) is -1.62. The molecule has 3 aromatic heterocycles. The Kier molecular flexibility index (Phi) is 12.6. The van der Waals surface area contributed by atoms with Crippen molar-refractivity contribution < 1.29 is 27.0 Å². The first-order chi connectivity index (χ1) is 25.6. The molecular formula is C42H44F4N2O2S3. The second kappa shape index (κ2) is 17.1. The van der Waals surface area contributed by atoms with Crippen LogP contribution in [0, 0.1) is 11.8 Å². The Morgan fingerprint density at radius 1 is 0.528 bits per heavy atom. The average Bonchev–Trinajstić information content (AvgIpc) is 3.94.